The summed E-state index contributed by atoms with van der Waals surface area (Å²) in [6.07, 6.45) is 2.72. The molecule has 2 saturated heterocycles. The number of ether oxygens (including phenoxy) is 1. The van der Waals surface area contributed by atoms with E-state index < -0.39 is 40.7 Å². The van der Waals surface area contributed by atoms with Crippen molar-refractivity contribution in [3.8, 4) is 11.5 Å². The van der Waals surface area contributed by atoms with E-state index in [0.29, 0.717) is 24.2 Å². The standard InChI is InChI=1S/C29H36N2O6/c1-28(2,3)30-24(33)17-11-10-15-18(22(17)26(30)35)13-19-23(27(36)31(25(19)34)29(4,5)6)21(15)16-9-8-14(37-7)12-20(16)32/h8-10,12,17-19,21-23,32H,11,13H2,1-7H3/t17-,18+,19+,21+,22-,23+/m0/s1. The molecule has 198 valence electrons. The van der Waals surface area contributed by atoms with Crippen molar-refractivity contribution in [1.29, 1.82) is 0 Å². The summed E-state index contributed by atoms with van der Waals surface area (Å²) in [5, 5.41) is 11.0. The predicted octanol–water partition coefficient (Wildman–Crippen LogP) is 3.63. The van der Waals surface area contributed by atoms with Crippen LogP contribution in [0.15, 0.2) is 29.8 Å². The van der Waals surface area contributed by atoms with Gasteiger partial charge in [0.15, 0.2) is 0 Å². The van der Waals surface area contributed by atoms with Gasteiger partial charge >= 0.3 is 0 Å². The minimum Gasteiger partial charge on any atom is -0.508 e. The number of allylic oxidation sites excluding steroid dienone is 2. The maximum Gasteiger partial charge on any atom is 0.234 e. The Balaban J connectivity index is 1.67. The zero-order chi connectivity index (χ0) is 27.2. The maximum atomic E-state index is 13.9. The molecule has 4 amide bonds. The molecule has 0 bridgehead atoms. The fourth-order valence-electron chi connectivity index (χ4n) is 7.17. The zero-order valence-electron chi connectivity index (χ0n) is 22.6. The summed E-state index contributed by atoms with van der Waals surface area (Å²) in [4.78, 5) is 57.5. The number of methoxy groups -OCH3 is 1. The Morgan fingerprint density at radius 1 is 0.811 bits per heavy atom. The molecule has 8 nitrogen and oxygen atoms in total. The second-order valence-electron chi connectivity index (χ2n) is 12.8. The molecule has 8 heteroatoms. The van der Waals surface area contributed by atoms with E-state index in [1.54, 1.807) is 12.1 Å². The first kappa shape index (κ1) is 25.5. The van der Waals surface area contributed by atoms with Crippen molar-refractivity contribution >= 4 is 23.6 Å². The van der Waals surface area contributed by atoms with Crippen LogP contribution in [0.1, 0.15) is 65.9 Å². The fourth-order valence-corrected chi connectivity index (χ4v) is 7.17. The van der Waals surface area contributed by atoms with E-state index in [9.17, 15) is 24.3 Å². The third kappa shape index (κ3) is 3.62. The second kappa shape index (κ2) is 8.17. The van der Waals surface area contributed by atoms with E-state index in [2.05, 4.69) is 0 Å². The van der Waals surface area contributed by atoms with Crippen LogP contribution in [0.2, 0.25) is 0 Å². The maximum absolute atomic E-state index is 13.9. The average molecular weight is 509 g/mol. The van der Waals surface area contributed by atoms with Crippen molar-refractivity contribution in [3.05, 3.63) is 35.4 Å². The van der Waals surface area contributed by atoms with Gasteiger partial charge < -0.3 is 9.84 Å². The monoisotopic (exact) mass is 508 g/mol. The van der Waals surface area contributed by atoms with Crippen LogP contribution < -0.4 is 4.74 Å². The van der Waals surface area contributed by atoms with E-state index in [-0.39, 0.29) is 35.3 Å². The quantitative estimate of drug-likeness (QED) is 0.483. The highest BCUT2D eigenvalue weighted by molar-refractivity contribution is 6.08. The number of phenolic OH excluding ortho intramolecular Hbond substituents is 1. The molecule has 0 radical (unpaired) electrons. The lowest BCUT2D eigenvalue weighted by Gasteiger charge is -2.44. The summed E-state index contributed by atoms with van der Waals surface area (Å²) in [6, 6.07) is 4.98. The van der Waals surface area contributed by atoms with Gasteiger partial charge in [0.05, 0.1) is 30.8 Å². The molecular formula is C29H36N2O6. The lowest BCUT2D eigenvalue weighted by atomic mass is 9.57. The van der Waals surface area contributed by atoms with Crippen molar-refractivity contribution in [2.75, 3.05) is 7.11 Å². The normalized spacial score (nSPS) is 31.8. The third-order valence-corrected chi connectivity index (χ3v) is 8.56. The predicted molar refractivity (Wildman–Crippen MR) is 135 cm³/mol. The minimum atomic E-state index is -0.706. The number of hydrogen-bond donors (Lipinski definition) is 1. The summed E-state index contributed by atoms with van der Waals surface area (Å²) >= 11 is 0. The molecule has 2 heterocycles. The van der Waals surface area contributed by atoms with Crippen LogP contribution in [0.25, 0.3) is 0 Å². The smallest absolute Gasteiger partial charge is 0.234 e. The van der Waals surface area contributed by atoms with Crippen LogP contribution in [0.4, 0.5) is 0 Å². The summed E-state index contributed by atoms with van der Waals surface area (Å²) in [7, 11) is 1.51. The summed E-state index contributed by atoms with van der Waals surface area (Å²) in [5.41, 5.74) is 0.0457. The molecule has 1 saturated carbocycles. The molecule has 2 aliphatic heterocycles. The van der Waals surface area contributed by atoms with Crippen LogP contribution in [0.3, 0.4) is 0 Å². The minimum absolute atomic E-state index is 0.0219. The Labute approximate surface area is 217 Å². The van der Waals surface area contributed by atoms with E-state index in [1.165, 1.54) is 23.0 Å². The number of likely N-dealkylation sites (tertiary alicyclic amines) is 2. The van der Waals surface area contributed by atoms with Gasteiger partial charge in [0.2, 0.25) is 23.6 Å². The van der Waals surface area contributed by atoms with E-state index >= 15 is 0 Å². The SMILES string of the molecule is COc1ccc([C@H]2C3=CC[C@@H]4C(=O)N(C(C)(C)C)C(=O)[C@@H]4[C@@H]3C[C@H]3C(=O)N(C(C)(C)C)C(=O)[C@@H]23)c(O)c1. The van der Waals surface area contributed by atoms with Crippen LogP contribution in [0, 0.1) is 29.6 Å². The number of imide groups is 2. The number of phenols is 1. The molecule has 5 rings (SSSR count). The Morgan fingerprint density at radius 3 is 1.92 bits per heavy atom. The van der Waals surface area contributed by atoms with Crippen LogP contribution in [-0.4, -0.2) is 56.7 Å². The summed E-state index contributed by atoms with van der Waals surface area (Å²) < 4.78 is 5.27. The van der Waals surface area contributed by atoms with Gasteiger partial charge in [-0.1, -0.05) is 17.7 Å². The van der Waals surface area contributed by atoms with Gasteiger partial charge in [-0.25, -0.2) is 0 Å². The van der Waals surface area contributed by atoms with Gasteiger partial charge in [0.25, 0.3) is 0 Å². The summed E-state index contributed by atoms with van der Waals surface area (Å²) in [5.74, 6) is -3.75. The molecule has 0 unspecified atom stereocenters. The van der Waals surface area contributed by atoms with E-state index in [4.69, 9.17) is 4.74 Å². The van der Waals surface area contributed by atoms with Gasteiger partial charge in [0.1, 0.15) is 11.5 Å². The van der Waals surface area contributed by atoms with Crippen LogP contribution in [-0.2, 0) is 19.2 Å². The number of amides is 4. The highest BCUT2D eigenvalue weighted by atomic mass is 16.5. The van der Waals surface area contributed by atoms with Gasteiger partial charge in [-0.2, -0.15) is 0 Å². The largest absolute Gasteiger partial charge is 0.508 e. The van der Waals surface area contributed by atoms with E-state index in [1.807, 2.05) is 47.6 Å². The molecule has 2 aliphatic carbocycles. The number of aromatic hydroxyl groups is 1. The highest BCUT2D eigenvalue weighted by Crippen LogP contribution is 2.59. The van der Waals surface area contributed by atoms with Gasteiger partial charge in [-0.3, -0.25) is 29.0 Å². The molecule has 4 aliphatic rings. The molecule has 6 atom stereocenters. The number of fused-ring (bicyclic) bond motifs is 4. The van der Waals surface area contributed by atoms with E-state index in [0.717, 1.165) is 5.57 Å². The first-order valence-electron chi connectivity index (χ1n) is 13.0. The topological polar surface area (TPSA) is 104 Å². The van der Waals surface area contributed by atoms with Crippen molar-refractivity contribution < 1.29 is 29.0 Å². The van der Waals surface area contributed by atoms with Crippen molar-refractivity contribution in [2.45, 2.75) is 71.4 Å². The highest BCUT2D eigenvalue weighted by Gasteiger charge is 2.63. The number of nitrogens with zero attached hydrogens (tertiary/aromatic N) is 2. The number of benzene rings is 1. The van der Waals surface area contributed by atoms with Crippen molar-refractivity contribution in [2.24, 2.45) is 29.6 Å². The number of carbonyl (C=O) groups is 4. The number of hydrogen-bond acceptors (Lipinski definition) is 6. The number of carbonyl (C=O) groups excluding carboxylic acids is 4. The van der Waals surface area contributed by atoms with Gasteiger partial charge in [0, 0.05) is 28.6 Å². The molecule has 1 N–H and O–H groups in total. The third-order valence-electron chi connectivity index (χ3n) is 8.56. The Morgan fingerprint density at radius 2 is 1.38 bits per heavy atom. The molecule has 1 aromatic carbocycles. The van der Waals surface area contributed by atoms with Gasteiger partial charge in [-0.05, 0) is 66.4 Å². The Kier molecular flexibility index (Phi) is 5.63. The zero-order valence-corrected chi connectivity index (χ0v) is 22.6. The Bertz CT molecular complexity index is 1240. The number of rotatable bonds is 2. The Hall–Kier alpha value is -3.16. The second-order valence-corrected chi connectivity index (χ2v) is 12.8. The van der Waals surface area contributed by atoms with Gasteiger partial charge in [-0.15, -0.1) is 0 Å². The molecule has 1 aromatic rings. The van der Waals surface area contributed by atoms with Crippen molar-refractivity contribution in [3.63, 3.8) is 0 Å². The first-order chi connectivity index (χ1) is 17.2. The molecule has 0 spiro atoms. The van der Waals surface area contributed by atoms with Crippen molar-refractivity contribution in [1.82, 2.24) is 9.80 Å². The van der Waals surface area contributed by atoms with Crippen LogP contribution in [0.5, 0.6) is 11.5 Å². The molecule has 3 fully saturated rings. The molecule has 37 heavy (non-hydrogen) atoms. The van der Waals surface area contributed by atoms with Crippen LogP contribution >= 0.6 is 0 Å². The molecule has 0 aromatic heterocycles. The molecular weight excluding hydrogens is 472 g/mol. The summed E-state index contributed by atoms with van der Waals surface area (Å²) in [6.45, 7) is 11.1. The lowest BCUT2D eigenvalue weighted by Crippen LogP contribution is -2.47. The lowest BCUT2D eigenvalue weighted by molar-refractivity contribution is -0.147. The first-order valence-corrected chi connectivity index (χ1v) is 13.0. The fraction of sp³-hybridized carbons (Fsp3) is 0.586. The average Bonchev–Trinajstić information content (AvgIpc) is 3.21.